The zero-order chi connectivity index (χ0) is 14.5. The molecule has 0 aliphatic carbocycles. The molecular formula is C16H17BrFNO. The summed E-state index contributed by atoms with van der Waals surface area (Å²) in [5.41, 5.74) is 8.71. The summed E-state index contributed by atoms with van der Waals surface area (Å²) in [6.07, 6.45) is 0.779. The summed E-state index contributed by atoms with van der Waals surface area (Å²) >= 11 is 3.35. The quantitative estimate of drug-likeness (QED) is 0.895. The molecule has 0 unspecified atom stereocenters. The van der Waals surface area contributed by atoms with E-state index >= 15 is 0 Å². The molecule has 0 spiro atoms. The van der Waals surface area contributed by atoms with Gasteiger partial charge in [0.15, 0.2) is 0 Å². The van der Waals surface area contributed by atoms with Crippen molar-refractivity contribution in [2.45, 2.75) is 20.0 Å². The molecule has 0 bridgehead atoms. The number of hydrogen-bond donors (Lipinski definition) is 1. The molecule has 0 saturated carbocycles. The number of hydrogen-bond acceptors (Lipinski definition) is 2. The van der Waals surface area contributed by atoms with Gasteiger partial charge in [-0.2, -0.15) is 0 Å². The Bertz CT molecular complexity index is 601. The number of ether oxygens (including phenoxy) is 1. The van der Waals surface area contributed by atoms with E-state index in [1.165, 1.54) is 12.1 Å². The lowest BCUT2D eigenvalue weighted by Gasteiger charge is -2.14. The first kappa shape index (κ1) is 15.0. The van der Waals surface area contributed by atoms with Gasteiger partial charge in [0.05, 0.1) is 0 Å². The van der Waals surface area contributed by atoms with E-state index in [9.17, 15) is 4.39 Å². The van der Waals surface area contributed by atoms with Crippen LogP contribution in [-0.2, 0) is 13.0 Å². The maximum Gasteiger partial charge on any atom is 0.125 e. The Morgan fingerprint density at radius 2 is 2.00 bits per heavy atom. The average molecular weight is 338 g/mol. The van der Waals surface area contributed by atoms with Gasteiger partial charge in [-0.05, 0) is 43.1 Å². The lowest BCUT2D eigenvalue weighted by molar-refractivity contribution is 0.300. The summed E-state index contributed by atoms with van der Waals surface area (Å²) in [6, 6.07) is 10.6. The molecule has 0 fully saturated rings. The molecule has 0 heterocycles. The van der Waals surface area contributed by atoms with Gasteiger partial charge in [0.1, 0.15) is 18.2 Å². The van der Waals surface area contributed by atoms with Gasteiger partial charge in [-0.1, -0.05) is 40.2 Å². The van der Waals surface area contributed by atoms with Crippen LogP contribution in [0, 0.1) is 12.7 Å². The fourth-order valence-corrected chi connectivity index (χ4v) is 2.53. The van der Waals surface area contributed by atoms with Crippen LogP contribution in [0.2, 0.25) is 0 Å². The van der Waals surface area contributed by atoms with Crippen molar-refractivity contribution in [3.63, 3.8) is 0 Å². The topological polar surface area (TPSA) is 35.2 Å². The fraction of sp³-hybridized carbons (Fsp3) is 0.250. The van der Waals surface area contributed by atoms with Gasteiger partial charge in [0.25, 0.3) is 0 Å². The van der Waals surface area contributed by atoms with Crippen molar-refractivity contribution in [1.82, 2.24) is 0 Å². The molecular weight excluding hydrogens is 321 g/mol. The maximum absolute atomic E-state index is 13.1. The van der Waals surface area contributed by atoms with Crippen LogP contribution < -0.4 is 10.5 Å². The van der Waals surface area contributed by atoms with Crippen LogP contribution in [0.1, 0.15) is 16.7 Å². The van der Waals surface area contributed by atoms with Crippen molar-refractivity contribution < 1.29 is 9.13 Å². The standard InChI is InChI=1S/C16H17BrFNO/c1-11-3-2-4-12(7-8-19)16(11)20-10-13-5-6-14(18)9-15(13)17/h2-6,9H,7-8,10,19H2,1H3. The van der Waals surface area contributed by atoms with E-state index in [1.54, 1.807) is 6.07 Å². The smallest absolute Gasteiger partial charge is 0.125 e. The second kappa shape index (κ2) is 6.86. The minimum Gasteiger partial charge on any atom is -0.488 e. The Hall–Kier alpha value is -1.39. The third-order valence-corrected chi connectivity index (χ3v) is 3.83. The van der Waals surface area contributed by atoms with Crippen molar-refractivity contribution in [3.8, 4) is 5.75 Å². The molecule has 2 nitrogen and oxygen atoms in total. The Labute approximate surface area is 126 Å². The van der Waals surface area contributed by atoms with Crippen LogP contribution >= 0.6 is 15.9 Å². The maximum atomic E-state index is 13.1. The van der Waals surface area contributed by atoms with E-state index in [0.29, 0.717) is 17.6 Å². The second-order valence-electron chi connectivity index (χ2n) is 4.63. The monoisotopic (exact) mass is 337 g/mol. The first-order valence-electron chi connectivity index (χ1n) is 6.47. The second-order valence-corrected chi connectivity index (χ2v) is 5.48. The summed E-state index contributed by atoms with van der Waals surface area (Å²) in [4.78, 5) is 0. The number of benzene rings is 2. The Morgan fingerprint density at radius 3 is 2.70 bits per heavy atom. The molecule has 0 aliphatic heterocycles. The molecule has 0 atom stereocenters. The highest BCUT2D eigenvalue weighted by atomic mass is 79.9. The largest absolute Gasteiger partial charge is 0.488 e. The Kier molecular flexibility index (Phi) is 5.15. The van der Waals surface area contributed by atoms with E-state index < -0.39 is 0 Å². The third kappa shape index (κ3) is 3.58. The van der Waals surface area contributed by atoms with Crippen molar-refractivity contribution in [2.24, 2.45) is 5.73 Å². The van der Waals surface area contributed by atoms with Crippen LogP contribution in [0.15, 0.2) is 40.9 Å². The Balaban J connectivity index is 2.18. The van der Waals surface area contributed by atoms with E-state index in [2.05, 4.69) is 15.9 Å². The fourth-order valence-electron chi connectivity index (χ4n) is 2.06. The summed E-state index contributed by atoms with van der Waals surface area (Å²) in [5, 5.41) is 0. The first-order valence-corrected chi connectivity index (χ1v) is 7.26. The predicted octanol–water partition coefficient (Wildman–Crippen LogP) is 3.98. The average Bonchev–Trinajstić information content (AvgIpc) is 2.40. The normalized spacial score (nSPS) is 10.6. The first-order chi connectivity index (χ1) is 9.61. The summed E-state index contributed by atoms with van der Waals surface area (Å²) in [5.74, 6) is 0.606. The van der Waals surface area contributed by atoms with Crippen LogP contribution in [0.4, 0.5) is 4.39 Å². The van der Waals surface area contributed by atoms with Crippen LogP contribution in [0.25, 0.3) is 0 Å². The van der Waals surface area contributed by atoms with Gasteiger partial charge in [-0.3, -0.25) is 0 Å². The zero-order valence-electron chi connectivity index (χ0n) is 11.3. The zero-order valence-corrected chi connectivity index (χ0v) is 12.9. The molecule has 0 saturated heterocycles. The van der Waals surface area contributed by atoms with Gasteiger partial charge < -0.3 is 10.5 Å². The molecule has 2 rings (SSSR count). The van der Waals surface area contributed by atoms with E-state index in [1.807, 2.05) is 25.1 Å². The molecule has 0 amide bonds. The van der Waals surface area contributed by atoms with Gasteiger partial charge in [-0.25, -0.2) is 4.39 Å². The van der Waals surface area contributed by atoms with Gasteiger partial charge in [-0.15, -0.1) is 0 Å². The van der Waals surface area contributed by atoms with Crippen LogP contribution in [-0.4, -0.2) is 6.54 Å². The number of nitrogens with two attached hydrogens (primary N) is 1. The highest BCUT2D eigenvalue weighted by Crippen LogP contribution is 2.26. The van der Waals surface area contributed by atoms with E-state index in [-0.39, 0.29) is 5.82 Å². The highest BCUT2D eigenvalue weighted by molar-refractivity contribution is 9.10. The molecule has 0 aromatic heterocycles. The van der Waals surface area contributed by atoms with E-state index in [0.717, 1.165) is 28.9 Å². The summed E-state index contributed by atoms with van der Waals surface area (Å²) < 4.78 is 19.7. The highest BCUT2D eigenvalue weighted by Gasteiger charge is 2.08. The molecule has 20 heavy (non-hydrogen) atoms. The van der Waals surface area contributed by atoms with Gasteiger partial charge >= 0.3 is 0 Å². The van der Waals surface area contributed by atoms with Crippen molar-refractivity contribution >= 4 is 15.9 Å². The molecule has 0 aliphatic rings. The molecule has 4 heteroatoms. The number of rotatable bonds is 5. The SMILES string of the molecule is Cc1cccc(CCN)c1OCc1ccc(F)cc1Br. The minimum absolute atomic E-state index is 0.264. The summed E-state index contributed by atoms with van der Waals surface area (Å²) in [6.45, 7) is 2.98. The van der Waals surface area contributed by atoms with Crippen molar-refractivity contribution in [1.29, 1.82) is 0 Å². The van der Waals surface area contributed by atoms with Gasteiger partial charge in [0.2, 0.25) is 0 Å². The molecule has 0 radical (unpaired) electrons. The van der Waals surface area contributed by atoms with E-state index in [4.69, 9.17) is 10.5 Å². The lowest BCUT2D eigenvalue weighted by atomic mass is 10.1. The Morgan fingerprint density at radius 1 is 1.20 bits per heavy atom. The van der Waals surface area contributed by atoms with Crippen molar-refractivity contribution in [2.75, 3.05) is 6.54 Å². The van der Waals surface area contributed by atoms with Crippen LogP contribution in [0.5, 0.6) is 5.75 Å². The number of para-hydroxylation sites is 1. The lowest BCUT2D eigenvalue weighted by Crippen LogP contribution is -2.06. The number of halogens is 2. The molecule has 2 aromatic carbocycles. The van der Waals surface area contributed by atoms with Crippen molar-refractivity contribution in [3.05, 3.63) is 63.4 Å². The van der Waals surface area contributed by atoms with Crippen LogP contribution in [0.3, 0.4) is 0 Å². The van der Waals surface area contributed by atoms with Gasteiger partial charge in [0, 0.05) is 10.0 Å². The molecule has 2 N–H and O–H groups in total. The minimum atomic E-state index is -0.264. The third-order valence-electron chi connectivity index (χ3n) is 3.09. The predicted molar refractivity (Wildman–Crippen MR) is 82.4 cm³/mol. The molecule has 106 valence electrons. The summed E-state index contributed by atoms with van der Waals surface area (Å²) in [7, 11) is 0. The molecule has 2 aromatic rings. The number of aryl methyl sites for hydroxylation is 1.